The van der Waals surface area contributed by atoms with Crippen LogP contribution in [-0.2, 0) is 5.88 Å². The Hall–Kier alpha value is -1.69. The Morgan fingerprint density at radius 1 is 1.16 bits per heavy atom. The largest absolute Gasteiger partial charge is 0.344 e. The summed E-state index contributed by atoms with van der Waals surface area (Å²) in [5, 5.41) is 9.47. The van der Waals surface area contributed by atoms with E-state index in [1.165, 1.54) is 0 Å². The van der Waals surface area contributed by atoms with Crippen molar-refractivity contribution in [1.29, 1.82) is 5.26 Å². The Kier molecular flexibility index (Phi) is 4.31. The van der Waals surface area contributed by atoms with Crippen LogP contribution in [0.2, 0.25) is 5.02 Å². The highest BCUT2D eigenvalue weighted by Crippen LogP contribution is 2.30. The third-order valence-corrected chi connectivity index (χ3v) is 3.45. The number of hydrogen-bond donors (Lipinski definition) is 0. The lowest BCUT2D eigenvalue weighted by Crippen LogP contribution is -2.11. The minimum absolute atomic E-state index is 0.399. The van der Waals surface area contributed by atoms with Crippen LogP contribution in [0.15, 0.2) is 42.5 Å². The van der Waals surface area contributed by atoms with Crippen LogP contribution in [-0.4, -0.2) is 7.05 Å². The highest BCUT2D eigenvalue weighted by atomic mass is 35.5. The lowest BCUT2D eigenvalue weighted by Gasteiger charge is -2.22. The standard InChI is InChI=1S/C15H12Cl2N2/c1-19(14-5-2-11(10-18)3-6-14)15-7-4-13(17)8-12(15)9-16/h2-8H,9H2,1H3. The van der Waals surface area contributed by atoms with Crippen LogP contribution in [0.4, 0.5) is 11.4 Å². The number of halogens is 2. The van der Waals surface area contributed by atoms with Crippen molar-refractivity contribution in [2.24, 2.45) is 0 Å². The van der Waals surface area contributed by atoms with E-state index in [1.54, 1.807) is 12.1 Å². The Morgan fingerprint density at radius 2 is 1.84 bits per heavy atom. The first-order chi connectivity index (χ1) is 9.15. The van der Waals surface area contributed by atoms with E-state index >= 15 is 0 Å². The molecule has 2 nitrogen and oxygen atoms in total. The zero-order valence-electron chi connectivity index (χ0n) is 10.4. The van der Waals surface area contributed by atoms with E-state index in [1.807, 2.05) is 42.3 Å². The highest BCUT2D eigenvalue weighted by Gasteiger charge is 2.09. The molecule has 0 aromatic heterocycles. The lowest BCUT2D eigenvalue weighted by atomic mass is 10.1. The predicted molar refractivity (Wildman–Crippen MR) is 80.2 cm³/mol. The van der Waals surface area contributed by atoms with Crippen LogP contribution in [0.5, 0.6) is 0 Å². The van der Waals surface area contributed by atoms with Crippen molar-refractivity contribution in [3.8, 4) is 6.07 Å². The molecular formula is C15H12Cl2N2. The van der Waals surface area contributed by atoms with Crippen molar-refractivity contribution in [3.05, 3.63) is 58.6 Å². The molecule has 0 spiro atoms. The molecule has 0 bridgehead atoms. The summed E-state index contributed by atoms with van der Waals surface area (Å²) in [5.74, 6) is 0.399. The first kappa shape index (κ1) is 13.7. The molecule has 0 aliphatic rings. The fourth-order valence-corrected chi connectivity index (χ4v) is 2.30. The second kappa shape index (κ2) is 5.97. The summed E-state index contributed by atoms with van der Waals surface area (Å²) < 4.78 is 0. The summed E-state index contributed by atoms with van der Waals surface area (Å²) in [4.78, 5) is 2.02. The summed E-state index contributed by atoms with van der Waals surface area (Å²) in [6, 6.07) is 15.2. The topological polar surface area (TPSA) is 27.0 Å². The minimum atomic E-state index is 0.399. The molecule has 0 saturated heterocycles. The number of benzene rings is 2. The molecule has 0 saturated carbocycles. The molecule has 0 aliphatic carbocycles. The van der Waals surface area contributed by atoms with Gasteiger partial charge in [-0.15, -0.1) is 11.6 Å². The van der Waals surface area contributed by atoms with Crippen LogP contribution >= 0.6 is 23.2 Å². The third-order valence-electron chi connectivity index (χ3n) is 2.93. The van der Waals surface area contributed by atoms with Crippen molar-refractivity contribution in [2.45, 2.75) is 5.88 Å². The molecule has 96 valence electrons. The number of nitrogens with zero attached hydrogens (tertiary/aromatic N) is 2. The van der Waals surface area contributed by atoms with Crippen molar-refractivity contribution in [2.75, 3.05) is 11.9 Å². The van der Waals surface area contributed by atoms with Crippen LogP contribution in [0.1, 0.15) is 11.1 Å². The molecule has 0 N–H and O–H groups in total. The van der Waals surface area contributed by atoms with Crippen LogP contribution in [0.25, 0.3) is 0 Å². The second-order valence-corrected chi connectivity index (χ2v) is 4.83. The van der Waals surface area contributed by atoms with Gasteiger partial charge in [0, 0.05) is 29.3 Å². The first-order valence-electron chi connectivity index (χ1n) is 5.74. The molecule has 19 heavy (non-hydrogen) atoms. The first-order valence-corrected chi connectivity index (χ1v) is 6.65. The molecule has 0 fully saturated rings. The smallest absolute Gasteiger partial charge is 0.0991 e. The van der Waals surface area contributed by atoms with Gasteiger partial charge in [-0.1, -0.05) is 11.6 Å². The Bertz CT molecular complexity index is 615. The highest BCUT2D eigenvalue weighted by molar-refractivity contribution is 6.30. The third kappa shape index (κ3) is 3.01. The number of alkyl halides is 1. The quantitative estimate of drug-likeness (QED) is 0.765. The van der Waals surface area contributed by atoms with Crippen molar-refractivity contribution in [3.63, 3.8) is 0 Å². The number of rotatable bonds is 3. The lowest BCUT2D eigenvalue weighted by molar-refractivity contribution is 1.17. The molecule has 4 heteroatoms. The SMILES string of the molecule is CN(c1ccc(C#N)cc1)c1ccc(Cl)cc1CCl. The molecule has 0 atom stereocenters. The Labute approximate surface area is 122 Å². The van der Waals surface area contributed by atoms with Gasteiger partial charge in [-0.05, 0) is 48.0 Å². The van der Waals surface area contributed by atoms with Crippen molar-refractivity contribution >= 4 is 34.6 Å². The molecule has 0 radical (unpaired) electrons. The van der Waals surface area contributed by atoms with Crippen LogP contribution < -0.4 is 4.90 Å². The fourth-order valence-electron chi connectivity index (χ4n) is 1.89. The average molecular weight is 291 g/mol. The molecule has 2 rings (SSSR count). The monoisotopic (exact) mass is 290 g/mol. The molecule has 0 heterocycles. The zero-order valence-corrected chi connectivity index (χ0v) is 11.9. The van der Waals surface area contributed by atoms with E-state index in [0.717, 1.165) is 16.9 Å². The Balaban J connectivity index is 2.38. The normalized spacial score (nSPS) is 10.0. The van der Waals surface area contributed by atoms with Crippen LogP contribution in [0.3, 0.4) is 0 Å². The maximum atomic E-state index is 8.80. The van der Waals surface area contributed by atoms with E-state index in [9.17, 15) is 0 Å². The predicted octanol–water partition coefficient (Wildman–Crippen LogP) is 4.72. The van der Waals surface area contributed by atoms with E-state index in [2.05, 4.69) is 6.07 Å². The maximum absolute atomic E-state index is 8.80. The van der Waals surface area contributed by atoms with E-state index in [-0.39, 0.29) is 0 Å². The van der Waals surface area contributed by atoms with Crippen LogP contribution in [0, 0.1) is 11.3 Å². The summed E-state index contributed by atoms with van der Waals surface area (Å²) in [6.45, 7) is 0. The van der Waals surface area contributed by atoms with Gasteiger partial charge in [0.1, 0.15) is 0 Å². The molecular weight excluding hydrogens is 279 g/mol. The average Bonchev–Trinajstić information content (AvgIpc) is 2.46. The maximum Gasteiger partial charge on any atom is 0.0991 e. The van der Waals surface area contributed by atoms with Gasteiger partial charge in [-0.2, -0.15) is 5.26 Å². The van der Waals surface area contributed by atoms with Gasteiger partial charge in [0.25, 0.3) is 0 Å². The zero-order chi connectivity index (χ0) is 13.8. The summed E-state index contributed by atoms with van der Waals surface area (Å²) >= 11 is 11.9. The number of anilines is 2. The van der Waals surface area contributed by atoms with E-state index in [0.29, 0.717) is 16.5 Å². The minimum Gasteiger partial charge on any atom is -0.344 e. The summed E-state index contributed by atoms with van der Waals surface area (Å²) in [6.07, 6.45) is 0. The van der Waals surface area contributed by atoms with E-state index < -0.39 is 0 Å². The van der Waals surface area contributed by atoms with Gasteiger partial charge >= 0.3 is 0 Å². The molecule has 2 aromatic carbocycles. The van der Waals surface area contributed by atoms with Gasteiger partial charge in [0.15, 0.2) is 0 Å². The summed E-state index contributed by atoms with van der Waals surface area (Å²) in [7, 11) is 1.96. The van der Waals surface area contributed by atoms with Gasteiger partial charge in [0.2, 0.25) is 0 Å². The molecule has 2 aromatic rings. The van der Waals surface area contributed by atoms with Gasteiger partial charge in [-0.25, -0.2) is 0 Å². The molecule has 0 aliphatic heterocycles. The summed E-state index contributed by atoms with van der Waals surface area (Å²) in [5.41, 5.74) is 3.61. The van der Waals surface area contributed by atoms with Gasteiger partial charge in [-0.3, -0.25) is 0 Å². The number of nitriles is 1. The molecule has 0 unspecified atom stereocenters. The van der Waals surface area contributed by atoms with Crippen molar-refractivity contribution < 1.29 is 0 Å². The van der Waals surface area contributed by atoms with Crippen molar-refractivity contribution in [1.82, 2.24) is 0 Å². The van der Waals surface area contributed by atoms with Gasteiger partial charge in [0.05, 0.1) is 11.6 Å². The fraction of sp³-hybridized carbons (Fsp3) is 0.133. The number of hydrogen-bond acceptors (Lipinski definition) is 2. The molecule has 0 amide bonds. The Morgan fingerprint density at radius 3 is 2.42 bits per heavy atom. The van der Waals surface area contributed by atoms with Gasteiger partial charge < -0.3 is 4.90 Å². The second-order valence-electron chi connectivity index (χ2n) is 4.12. The van der Waals surface area contributed by atoms with E-state index in [4.69, 9.17) is 28.5 Å².